The van der Waals surface area contributed by atoms with Crippen molar-refractivity contribution in [2.24, 2.45) is 5.92 Å². The number of hydrogen-bond donors (Lipinski definition) is 3. The summed E-state index contributed by atoms with van der Waals surface area (Å²) in [5.41, 5.74) is 0. The number of ether oxygens (including phenoxy) is 1. The van der Waals surface area contributed by atoms with Gasteiger partial charge in [0.15, 0.2) is 0 Å². The zero-order valence-corrected chi connectivity index (χ0v) is 9.16. The Labute approximate surface area is 90.2 Å². The molecule has 0 aliphatic carbocycles. The van der Waals surface area contributed by atoms with E-state index in [4.69, 9.17) is 9.84 Å². The summed E-state index contributed by atoms with van der Waals surface area (Å²) < 4.78 is 4.89. The highest BCUT2D eigenvalue weighted by Crippen LogP contribution is 2.09. The number of piperidine rings is 1. The van der Waals surface area contributed by atoms with Crippen LogP contribution in [0.1, 0.15) is 12.8 Å². The summed E-state index contributed by atoms with van der Waals surface area (Å²) in [6.45, 7) is 1.99. The van der Waals surface area contributed by atoms with E-state index in [1.165, 1.54) is 0 Å². The maximum atomic E-state index is 11.7. The molecule has 1 aliphatic rings. The predicted octanol–water partition coefficient (Wildman–Crippen LogP) is -0.890. The van der Waals surface area contributed by atoms with Crippen molar-refractivity contribution in [2.75, 3.05) is 33.4 Å². The molecular weight excluding hydrogens is 196 g/mol. The molecule has 1 rings (SSSR count). The van der Waals surface area contributed by atoms with Gasteiger partial charge in [-0.2, -0.15) is 0 Å². The summed E-state index contributed by atoms with van der Waals surface area (Å²) in [5, 5.41) is 15.0. The molecule has 0 radical (unpaired) electrons. The normalized spacial score (nSPS) is 23.5. The minimum atomic E-state index is -0.288. The van der Waals surface area contributed by atoms with Gasteiger partial charge in [0, 0.05) is 13.7 Å². The molecule has 0 bridgehead atoms. The Kier molecular flexibility index (Phi) is 5.60. The molecule has 0 aromatic rings. The van der Waals surface area contributed by atoms with Crippen LogP contribution in [-0.4, -0.2) is 50.5 Å². The lowest BCUT2D eigenvalue weighted by atomic mass is 9.98. The van der Waals surface area contributed by atoms with Crippen molar-refractivity contribution in [1.29, 1.82) is 0 Å². The van der Waals surface area contributed by atoms with Crippen LogP contribution in [0.25, 0.3) is 0 Å². The molecule has 3 N–H and O–H groups in total. The molecule has 1 aliphatic heterocycles. The van der Waals surface area contributed by atoms with Crippen LogP contribution in [0.15, 0.2) is 0 Å². The van der Waals surface area contributed by atoms with Crippen molar-refractivity contribution in [3.63, 3.8) is 0 Å². The van der Waals surface area contributed by atoms with E-state index in [9.17, 15) is 4.79 Å². The first kappa shape index (κ1) is 12.4. The van der Waals surface area contributed by atoms with E-state index in [2.05, 4.69) is 10.6 Å². The highest BCUT2D eigenvalue weighted by atomic mass is 16.5. The first-order valence-corrected chi connectivity index (χ1v) is 5.38. The van der Waals surface area contributed by atoms with Crippen LogP contribution >= 0.6 is 0 Å². The van der Waals surface area contributed by atoms with Crippen molar-refractivity contribution < 1.29 is 14.6 Å². The Morgan fingerprint density at radius 2 is 2.53 bits per heavy atom. The third kappa shape index (κ3) is 4.15. The van der Waals surface area contributed by atoms with E-state index in [0.717, 1.165) is 25.9 Å². The zero-order chi connectivity index (χ0) is 11.1. The van der Waals surface area contributed by atoms with Gasteiger partial charge in [0.1, 0.15) is 0 Å². The fourth-order valence-corrected chi connectivity index (χ4v) is 1.74. The molecule has 88 valence electrons. The van der Waals surface area contributed by atoms with Crippen LogP contribution in [0.2, 0.25) is 0 Å². The number of aliphatic hydroxyl groups excluding tert-OH is 1. The number of rotatable bonds is 5. The number of amides is 1. The SMILES string of the molecule is COCC(CO)NC(=O)C1CCCNC1. The monoisotopic (exact) mass is 216 g/mol. The quantitative estimate of drug-likeness (QED) is 0.557. The minimum Gasteiger partial charge on any atom is -0.394 e. The number of carbonyl (C=O) groups excluding carboxylic acids is 1. The summed E-state index contributed by atoms with van der Waals surface area (Å²) in [6.07, 6.45) is 1.95. The Balaban J connectivity index is 2.31. The highest BCUT2D eigenvalue weighted by Gasteiger charge is 2.22. The zero-order valence-electron chi connectivity index (χ0n) is 9.16. The van der Waals surface area contributed by atoms with Crippen molar-refractivity contribution >= 4 is 5.91 Å². The molecule has 1 saturated heterocycles. The van der Waals surface area contributed by atoms with Crippen molar-refractivity contribution in [3.8, 4) is 0 Å². The van der Waals surface area contributed by atoms with E-state index < -0.39 is 0 Å². The van der Waals surface area contributed by atoms with Gasteiger partial charge in [-0.1, -0.05) is 0 Å². The maximum Gasteiger partial charge on any atom is 0.224 e. The molecule has 5 nitrogen and oxygen atoms in total. The highest BCUT2D eigenvalue weighted by molar-refractivity contribution is 5.79. The van der Waals surface area contributed by atoms with Crippen molar-refractivity contribution in [3.05, 3.63) is 0 Å². The third-order valence-corrected chi connectivity index (χ3v) is 2.60. The van der Waals surface area contributed by atoms with Gasteiger partial charge in [-0.05, 0) is 19.4 Å². The standard InChI is InChI=1S/C10H20N2O3/c1-15-7-9(6-13)12-10(14)8-3-2-4-11-5-8/h8-9,11,13H,2-7H2,1H3,(H,12,14). The van der Waals surface area contributed by atoms with Gasteiger partial charge >= 0.3 is 0 Å². The van der Waals surface area contributed by atoms with Gasteiger partial charge in [-0.15, -0.1) is 0 Å². The predicted molar refractivity (Wildman–Crippen MR) is 56.5 cm³/mol. The van der Waals surface area contributed by atoms with Crippen LogP contribution < -0.4 is 10.6 Å². The van der Waals surface area contributed by atoms with E-state index in [1.807, 2.05) is 0 Å². The summed E-state index contributed by atoms with van der Waals surface area (Å²) in [5.74, 6) is 0.0444. The first-order chi connectivity index (χ1) is 7.27. The number of methoxy groups -OCH3 is 1. The number of hydrogen-bond acceptors (Lipinski definition) is 4. The van der Waals surface area contributed by atoms with Crippen LogP contribution in [0.3, 0.4) is 0 Å². The molecular formula is C10H20N2O3. The smallest absolute Gasteiger partial charge is 0.224 e. The van der Waals surface area contributed by atoms with Crippen LogP contribution in [0.5, 0.6) is 0 Å². The maximum absolute atomic E-state index is 11.7. The van der Waals surface area contributed by atoms with Crippen LogP contribution in [-0.2, 0) is 9.53 Å². The summed E-state index contributed by atoms with van der Waals surface area (Å²) in [6, 6.07) is -0.288. The van der Waals surface area contributed by atoms with Gasteiger partial charge in [-0.3, -0.25) is 4.79 Å². The van der Waals surface area contributed by atoms with Gasteiger partial charge in [0.05, 0.1) is 25.2 Å². The molecule has 0 aromatic carbocycles. The fourth-order valence-electron chi connectivity index (χ4n) is 1.74. The molecule has 1 amide bonds. The lowest BCUT2D eigenvalue weighted by molar-refractivity contribution is -0.127. The lowest BCUT2D eigenvalue weighted by Crippen LogP contribution is -2.47. The lowest BCUT2D eigenvalue weighted by Gasteiger charge is -2.24. The van der Waals surface area contributed by atoms with E-state index >= 15 is 0 Å². The van der Waals surface area contributed by atoms with E-state index in [1.54, 1.807) is 7.11 Å². The van der Waals surface area contributed by atoms with E-state index in [0.29, 0.717) is 6.61 Å². The first-order valence-electron chi connectivity index (χ1n) is 5.38. The second-order valence-corrected chi connectivity index (χ2v) is 3.89. The number of carbonyl (C=O) groups is 1. The average molecular weight is 216 g/mol. The Morgan fingerprint density at radius 3 is 3.07 bits per heavy atom. The molecule has 0 saturated carbocycles. The fraction of sp³-hybridized carbons (Fsp3) is 0.900. The minimum absolute atomic E-state index is 0.0123. The summed E-state index contributed by atoms with van der Waals surface area (Å²) in [7, 11) is 1.55. The third-order valence-electron chi connectivity index (χ3n) is 2.60. The van der Waals surface area contributed by atoms with Crippen LogP contribution in [0, 0.1) is 5.92 Å². The van der Waals surface area contributed by atoms with Gasteiger partial charge in [0.25, 0.3) is 0 Å². The van der Waals surface area contributed by atoms with Crippen molar-refractivity contribution in [1.82, 2.24) is 10.6 Å². The van der Waals surface area contributed by atoms with Gasteiger partial charge < -0.3 is 20.5 Å². The second-order valence-electron chi connectivity index (χ2n) is 3.89. The molecule has 15 heavy (non-hydrogen) atoms. The van der Waals surface area contributed by atoms with E-state index in [-0.39, 0.29) is 24.5 Å². The molecule has 0 spiro atoms. The number of nitrogens with one attached hydrogen (secondary N) is 2. The second kappa shape index (κ2) is 6.76. The summed E-state index contributed by atoms with van der Waals surface area (Å²) in [4.78, 5) is 11.7. The molecule has 1 heterocycles. The largest absolute Gasteiger partial charge is 0.394 e. The molecule has 2 atom stereocenters. The van der Waals surface area contributed by atoms with Gasteiger partial charge in [0.2, 0.25) is 5.91 Å². The Bertz CT molecular complexity index is 193. The Hall–Kier alpha value is -0.650. The van der Waals surface area contributed by atoms with Crippen molar-refractivity contribution in [2.45, 2.75) is 18.9 Å². The topological polar surface area (TPSA) is 70.6 Å². The number of aliphatic hydroxyl groups is 1. The van der Waals surface area contributed by atoms with Crippen LogP contribution in [0.4, 0.5) is 0 Å². The molecule has 0 aromatic heterocycles. The molecule has 1 fully saturated rings. The Morgan fingerprint density at radius 1 is 1.73 bits per heavy atom. The van der Waals surface area contributed by atoms with Gasteiger partial charge in [-0.25, -0.2) is 0 Å². The molecule has 2 unspecified atom stereocenters. The molecule has 5 heteroatoms. The average Bonchev–Trinajstić information content (AvgIpc) is 2.29. The summed E-state index contributed by atoms with van der Waals surface area (Å²) >= 11 is 0.